The third-order valence-corrected chi connectivity index (χ3v) is 6.31. The third-order valence-electron chi connectivity index (χ3n) is 6.31. The Labute approximate surface area is 240 Å². The molecular weight excluding hydrogens is 575 g/mol. The Kier molecular flexibility index (Phi) is 8.06. The van der Waals surface area contributed by atoms with Crippen molar-refractivity contribution in [2.45, 2.75) is 13.1 Å². The molecule has 15 heteroatoms. The first-order valence-electron chi connectivity index (χ1n) is 12.1. The zero-order chi connectivity index (χ0) is 31.6. The number of aromatic carboxylic acids is 1. The summed E-state index contributed by atoms with van der Waals surface area (Å²) in [6.45, 7) is 1.19. The normalized spacial score (nSPS) is 11.0. The Morgan fingerprint density at radius 3 is 2.37 bits per heavy atom. The van der Waals surface area contributed by atoms with Gasteiger partial charge in [-0.15, -0.1) is 0 Å². The van der Waals surface area contributed by atoms with Crippen LogP contribution >= 0.6 is 0 Å². The van der Waals surface area contributed by atoms with E-state index in [2.05, 4.69) is 20.5 Å². The number of methoxy groups -OCH3 is 1. The first kappa shape index (κ1) is 30.1. The molecule has 43 heavy (non-hydrogen) atoms. The molecule has 0 fully saturated rings. The van der Waals surface area contributed by atoms with Crippen LogP contribution in [0, 0.1) is 11.3 Å². The van der Waals surface area contributed by atoms with Crippen LogP contribution in [-0.2, 0) is 15.7 Å². The van der Waals surface area contributed by atoms with Gasteiger partial charge in [0.25, 0.3) is 5.91 Å². The molecule has 0 unspecified atom stereocenters. The summed E-state index contributed by atoms with van der Waals surface area (Å²) >= 11 is 0. The monoisotopic (exact) mass is 595 g/mol. The minimum absolute atomic E-state index is 0.0115. The number of amides is 3. The largest absolute Gasteiger partial charge is 0.478 e. The molecular formula is C28H20F3N5O7. The maximum absolute atomic E-state index is 14.3. The molecule has 4 aromatic rings. The Bertz CT molecular complexity index is 1840. The van der Waals surface area contributed by atoms with E-state index in [0.717, 1.165) is 24.1 Å². The maximum atomic E-state index is 14.3. The third kappa shape index (κ3) is 6.07. The molecule has 3 aromatic carbocycles. The van der Waals surface area contributed by atoms with E-state index in [4.69, 9.17) is 9.78 Å². The first-order valence-corrected chi connectivity index (χ1v) is 12.1. The van der Waals surface area contributed by atoms with Crippen LogP contribution in [-0.4, -0.2) is 48.3 Å². The number of carbonyl (C=O) groups excluding carboxylic acids is 3. The summed E-state index contributed by atoms with van der Waals surface area (Å²) < 4.78 is 52.6. The number of hydrogen-bond donors (Lipinski definition) is 3. The summed E-state index contributed by atoms with van der Waals surface area (Å²) in [6, 6.07) is 10.7. The van der Waals surface area contributed by atoms with Crippen molar-refractivity contribution in [2.75, 3.05) is 29.7 Å². The Morgan fingerprint density at radius 1 is 1.05 bits per heavy atom. The van der Waals surface area contributed by atoms with Gasteiger partial charge in [-0.3, -0.25) is 14.9 Å². The lowest BCUT2D eigenvalue weighted by Crippen LogP contribution is -2.23. The quantitative estimate of drug-likeness (QED) is 0.260. The highest BCUT2D eigenvalue weighted by Crippen LogP contribution is 2.43. The smallest absolute Gasteiger partial charge is 0.417 e. The number of carboxylic acid groups (broad SMARTS) is 1. The highest BCUT2D eigenvalue weighted by molar-refractivity contribution is 6.14. The van der Waals surface area contributed by atoms with Gasteiger partial charge < -0.3 is 24.6 Å². The summed E-state index contributed by atoms with van der Waals surface area (Å²) in [5.41, 5.74) is -2.93. The van der Waals surface area contributed by atoms with E-state index in [1.54, 1.807) is 6.07 Å². The molecule has 0 saturated heterocycles. The summed E-state index contributed by atoms with van der Waals surface area (Å²) in [5.74, 6) is -2.92. The number of alkyl halides is 3. The van der Waals surface area contributed by atoms with Crippen molar-refractivity contribution in [3.05, 3.63) is 70.9 Å². The average Bonchev–Trinajstić information content (AvgIpc) is 3.38. The minimum Gasteiger partial charge on any atom is -0.478 e. The van der Waals surface area contributed by atoms with E-state index in [9.17, 15) is 37.5 Å². The number of anilines is 3. The van der Waals surface area contributed by atoms with Crippen molar-refractivity contribution >= 4 is 51.9 Å². The van der Waals surface area contributed by atoms with E-state index < -0.39 is 46.9 Å². The summed E-state index contributed by atoms with van der Waals surface area (Å²) in [6.07, 6.45) is -5.92. The SMILES string of the molecule is COC(=O)Nc1ccc(-c2cc3c(C(=O)Nc4ccc(C#N)cc4C(=O)O)noc3cc2N(C)C(C)=O)c(C(F)(F)F)c1. The molecule has 3 N–H and O–H groups in total. The summed E-state index contributed by atoms with van der Waals surface area (Å²) in [7, 11) is 2.37. The number of nitrogens with one attached hydrogen (secondary N) is 2. The first-order chi connectivity index (χ1) is 20.2. The molecule has 0 bridgehead atoms. The van der Waals surface area contributed by atoms with Gasteiger partial charge in [-0.05, 0) is 42.0 Å². The number of nitrogens with zero attached hydrogens (tertiary/aromatic N) is 3. The molecule has 0 atom stereocenters. The fourth-order valence-electron chi connectivity index (χ4n) is 4.14. The van der Waals surface area contributed by atoms with E-state index in [1.165, 1.54) is 44.3 Å². The van der Waals surface area contributed by atoms with Gasteiger partial charge in [-0.1, -0.05) is 11.2 Å². The highest BCUT2D eigenvalue weighted by Gasteiger charge is 2.35. The zero-order valence-corrected chi connectivity index (χ0v) is 22.5. The average molecular weight is 595 g/mol. The summed E-state index contributed by atoms with van der Waals surface area (Å²) in [5, 5.41) is 26.8. The second-order valence-corrected chi connectivity index (χ2v) is 8.98. The molecule has 0 spiro atoms. The number of rotatable bonds is 6. The minimum atomic E-state index is -4.93. The van der Waals surface area contributed by atoms with Gasteiger partial charge in [-0.25, -0.2) is 9.59 Å². The number of fused-ring (bicyclic) bond motifs is 1. The molecule has 12 nitrogen and oxygen atoms in total. The van der Waals surface area contributed by atoms with Gasteiger partial charge in [0.05, 0.1) is 46.6 Å². The molecule has 220 valence electrons. The van der Waals surface area contributed by atoms with E-state index in [1.807, 2.05) is 0 Å². The molecule has 0 radical (unpaired) electrons. The molecule has 1 heterocycles. The van der Waals surface area contributed by atoms with Crippen LogP contribution in [0.15, 0.2) is 53.1 Å². The van der Waals surface area contributed by atoms with Crippen LogP contribution in [0.5, 0.6) is 0 Å². The van der Waals surface area contributed by atoms with Gasteiger partial charge in [0.15, 0.2) is 11.3 Å². The van der Waals surface area contributed by atoms with Crippen LogP contribution in [0.25, 0.3) is 22.1 Å². The van der Waals surface area contributed by atoms with Crippen LogP contribution in [0.4, 0.5) is 35.0 Å². The van der Waals surface area contributed by atoms with Crippen molar-refractivity contribution in [3.8, 4) is 17.2 Å². The number of benzene rings is 3. The number of carboxylic acids is 1. The van der Waals surface area contributed by atoms with E-state index >= 15 is 0 Å². The molecule has 0 aliphatic carbocycles. The number of aromatic nitrogens is 1. The molecule has 4 rings (SSSR count). The van der Waals surface area contributed by atoms with Crippen molar-refractivity contribution in [2.24, 2.45) is 0 Å². The lowest BCUT2D eigenvalue weighted by molar-refractivity contribution is -0.137. The van der Waals surface area contributed by atoms with Gasteiger partial charge in [0.2, 0.25) is 5.91 Å². The zero-order valence-electron chi connectivity index (χ0n) is 22.5. The number of hydrogen-bond acceptors (Lipinski definition) is 8. The molecule has 3 amide bonds. The molecule has 0 aliphatic heterocycles. The van der Waals surface area contributed by atoms with Gasteiger partial charge in [0, 0.05) is 31.3 Å². The Morgan fingerprint density at radius 2 is 1.77 bits per heavy atom. The predicted molar refractivity (Wildman–Crippen MR) is 146 cm³/mol. The topological polar surface area (TPSA) is 175 Å². The molecule has 0 aliphatic rings. The number of nitriles is 1. The van der Waals surface area contributed by atoms with Gasteiger partial charge in [0.1, 0.15) is 0 Å². The Hall–Kier alpha value is -5.91. The standard InChI is InChI=1S/C28H20F3N5O7/c1-13(37)36(2)22-11-23-19(10-17(22)16-6-5-15(33-27(41)42-3)9-20(16)28(29,30)31)24(35-43-23)25(38)34-21-7-4-14(12-32)8-18(21)26(39)40/h4-11H,1-3H3,(H,33,41)(H,34,38)(H,39,40). The second-order valence-electron chi connectivity index (χ2n) is 8.98. The van der Waals surface area contributed by atoms with Crippen LogP contribution in [0.2, 0.25) is 0 Å². The van der Waals surface area contributed by atoms with Crippen LogP contribution in [0.1, 0.15) is 38.9 Å². The fourth-order valence-corrected chi connectivity index (χ4v) is 4.14. The lowest BCUT2D eigenvalue weighted by atomic mass is 9.95. The number of halogens is 3. The van der Waals surface area contributed by atoms with Crippen molar-refractivity contribution in [1.29, 1.82) is 5.26 Å². The second kappa shape index (κ2) is 11.5. The van der Waals surface area contributed by atoms with E-state index in [-0.39, 0.29) is 44.7 Å². The van der Waals surface area contributed by atoms with Crippen LogP contribution < -0.4 is 15.5 Å². The summed E-state index contributed by atoms with van der Waals surface area (Å²) in [4.78, 5) is 49.8. The maximum Gasteiger partial charge on any atom is 0.417 e. The van der Waals surface area contributed by atoms with Gasteiger partial charge in [-0.2, -0.15) is 18.4 Å². The number of carbonyl (C=O) groups is 4. The lowest BCUT2D eigenvalue weighted by Gasteiger charge is -2.22. The fraction of sp³-hybridized carbons (Fsp3) is 0.143. The van der Waals surface area contributed by atoms with Crippen molar-refractivity contribution in [3.63, 3.8) is 0 Å². The van der Waals surface area contributed by atoms with Gasteiger partial charge >= 0.3 is 18.2 Å². The predicted octanol–water partition coefficient (Wildman–Crippen LogP) is 5.50. The van der Waals surface area contributed by atoms with Crippen molar-refractivity contribution < 1.29 is 46.7 Å². The Balaban J connectivity index is 1.90. The van der Waals surface area contributed by atoms with Crippen molar-refractivity contribution in [1.82, 2.24) is 5.16 Å². The highest BCUT2D eigenvalue weighted by atomic mass is 19.4. The van der Waals surface area contributed by atoms with E-state index in [0.29, 0.717) is 6.07 Å². The van der Waals surface area contributed by atoms with Crippen LogP contribution in [0.3, 0.4) is 0 Å². The number of ether oxygens (including phenoxy) is 1. The molecule has 0 saturated carbocycles. The molecule has 1 aromatic heterocycles.